The van der Waals surface area contributed by atoms with Gasteiger partial charge in [-0.15, -0.1) is 0 Å². The molecule has 23 heavy (non-hydrogen) atoms. The molecule has 0 spiro atoms. The van der Waals surface area contributed by atoms with Crippen molar-refractivity contribution >= 4 is 11.7 Å². The second-order valence-electron chi connectivity index (χ2n) is 5.52. The molecule has 9 nitrogen and oxygen atoms in total. The summed E-state index contributed by atoms with van der Waals surface area (Å²) in [4.78, 5) is 22.3. The molecule has 9 heteroatoms. The first kappa shape index (κ1) is 15.2. The Morgan fingerprint density at radius 2 is 2.26 bits per heavy atom. The molecule has 0 atom stereocenters. The van der Waals surface area contributed by atoms with Crippen molar-refractivity contribution in [1.82, 2.24) is 20.3 Å². The second-order valence-corrected chi connectivity index (χ2v) is 5.52. The lowest BCUT2D eigenvalue weighted by molar-refractivity contribution is -0.389. The van der Waals surface area contributed by atoms with Crippen LogP contribution in [0.15, 0.2) is 10.6 Å². The van der Waals surface area contributed by atoms with Crippen LogP contribution in [0.5, 0.6) is 0 Å². The van der Waals surface area contributed by atoms with Crippen molar-refractivity contribution in [2.45, 2.75) is 39.2 Å². The molecule has 1 N–H and O–H groups in total. The fourth-order valence-corrected chi connectivity index (χ4v) is 2.73. The van der Waals surface area contributed by atoms with E-state index in [-0.39, 0.29) is 11.7 Å². The molecule has 0 aliphatic heterocycles. The molecule has 2 aromatic heterocycles. The van der Waals surface area contributed by atoms with E-state index >= 15 is 0 Å². The minimum absolute atomic E-state index is 0.195. The Balaban J connectivity index is 1.59. The van der Waals surface area contributed by atoms with Crippen LogP contribution in [-0.4, -0.2) is 32.3 Å². The standard InChI is InChI=1S/C14H17N5O4/c1-9-8-12(19(21)22)16-18(9)7-6-15-14(20)13-10-4-2-3-5-11(10)23-17-13/h8H,2-7H2,1H3,(H,15,20). The molecule has 0 bridgehead atoms. The molecular formula is C14H17N5O4. The predicted octanol–water partition coefficient (Wildman–Crippen LogP) is 1.40. The summed E-state index contributed by atoms with van der Waals surface area (Å²) >= 11 is 0. The number of nitro groups is 1. The number of amides is 1. The van der Waals surface area contributed by atoms with Gasteiger partial charge in [0.15, 0.2) is 5.69 Å². The smallest absolute Gasteiger partial charge is 0.360 e. The van der Waals surface area contributed by atoms with Crippen molar-refractivity contribution in [3.8, 4) is 0 Å². The molecular weight excluding hydrogens is 302 g/mol. The van der Waals surface area contributed by atoms with Crippen LogP contribution in [0.25, 0.3) is 0 Å². The normalized spacial score (nSPS) is 13.6. The minimum Gasteiger partial charge on any atom is -0.360 e. The SMILES string of the molecule is Cc1cc([N+](=O)[O-])nn1CCNC(=O)c1noc2c1CCCC2. The van der Waals surface area contributed by atoms with Gasteiger partial charge in [0, 0.05) is 18.5 Å². The Morgan fingerprint density at radius 1 is 1.48 bits per heavy atom. The highest BCUT2D eigenvalue weighted by molar-refractivity contribution is 5.93. The van der Waals surface area contributed by atoms with Gasteiger partial charge in [0.05, 0.1) is 23.4 Å². The van der Waals surface area contributed by atoms with Gasteiger partial charge in [0.25, 0.3) is 5.91 Å². The van der Waals surface area contributed by atoms with Crippen LogP contribution in [0.2, 0.25) is 0 Å². The lowest BCUT2D eigenvalue weighted by Gasteiger charge is -2.09. The molecule has 0 fully saturated rings. The van der Waals surface area contributed by atoms with Gasteiger partial charge < -0.3 is 20.0 Å². The topological polar surface area (TPSA) is 116 Å². The fourth-order valence-electron chi connectivity index (χ4n) is 2.73. The van der Waals surface area contributed by atoms with Crippen LogP contribution in [0.4, 0.5) is 5.82 Å². The van der Waals surface area contributed by atoms with Gasteiger partial charge in [-0.1, -0.05) is 5.16 Å². The summed E-state index contributed by atoms with van der Waals surface area (Å²) in [5.74, 6) is 0.329. The van der Waals surface area contributed by atoms with E-state index in [1.54, 1.807) is 6.92 Å². The van der Waals surface area contributed by atoms with E-state index in [1.165, 1.54) is 10.7 Å². The average molecular weight is 319 g/mol. The highest BCUT2D eigenvalue weighted by atomic mass is 16.6. The average Bonchev–Trinajstić information content (AvgIpc) is 3.11. The number of hydrogen-bond donors (Lipinski definition) is 1. The molecule has 1 amide bonds. The zero-order valence-corrected chi connectivity index (χ0v) is 12.7. The van der Waals surface area contributed by atoms with E-state index in [0.717, 1.165) is 37.0 Å². The number of hydrogen-bond acceptors (Lipinski definition) is 6. The minimum atomic E-state index is -0.538. The third kappa shape index (κ3) is 3.08. The summed E-state index contributed by atoms with van der Waals surface area (Å²) in [6, 6.07) is 1.40. The summed E-state index contributed by atoms with van der Waals surface area (Å²) < 4.78 is 6.71. The van der Waals surface area contributed by atoms with E-state index in [9.17, 15) is 14.9 Å². The van der Waals surface area contributed by atoms with Crippen molar-refractivity contribution in [3.63, 3.8) is 0 Å². The molecule has 3 rings (SSSR count). The first-order valence-corrected chi connectivity index (χ1v) is 7.50. The predicted molar refractivity (Wildman–Crippen MR) is 79.1 cm³/mol. The Hall–Kier alpha value is -2.71. The van der Waals surface area contributed by atoms with Gasteiger partial charge >= 0.3 is 5.82 Å². The quantitative estimate of drug-likeness (QED) is 0.657. The van der Waals surface area contributed by atoms with Gasteiger partial charge in [-0.25, -0.2) is 0 Å². The van der Waals surface area contributed by atoms with Gasteiger partial charge in [0.1, 0.15) is 5.76 Å². The number of carbonyl (C=O) groups is 1. The first-order valence-electron chi connectivity index (χ1n) is 7.50. The van der Waals surface area contributed by atoms with Crippen LogP contribution < -0.4 is 5.32 Å². The maximum Gasteiger partial charge on any atom is 0.390 e. The number of nitrogens with one attached hydrogen (secondary N) is 1. The van der Waals surface area contributed by atoms with E-state index < -0.39 is 4.92 Å². The van der Waals surface area contributed by atoms with Crippen LogP contribution >= 0.6 is 0 Å². The summed E-state index contributed by atoms with van der Waals surface area (Å²) in [5, 5.41) is 21.2. The largest absolute Gasteiger partial charge is 0.390 e. The Labute approximate surface area is 131 Å². The summed E-state index contributed by atoms with van der Waals surface area (Å²) in [6.45, 7) is 2.39. The van der Waals surface area contributed by atoms with Crippen LogP contribution in [0.3, 0.4) is 0 Å². The molecule has 0 unspecified atom stereocenters. The van der Waals surface area contributed by atoms with E-state index in [2.05, 4.69) is 15.6 Å². The second kappa shape index (κ2) is 6.19. The maximum absolute atomic E-state index is 12.2. The van der Waals surface area contributed by atoms with Crippen molar-refractivity contribution in [2.75, 3.05) is 6.54 Å². The molecule has 122 valence electrons. The molecule has 0 aromatic carbocycles. The number of aryl methyl sites for hydroxylation is 2. The van der Waals surface area contributed by atoms with E-state index in [4.69, 9.17) is 4.52 Å². The molecule has 2 heterocycles. The van der Waals surface area contributed by atoms with Gasteiger partial charge in [-0.05, 0) is 31.1 Å². The lowest BCUT2D eigenvalue weighted by atomic mass is 9.96. The summed E-state index contributed by atoms with van der Waals surface area (Å²) in [7, 11) is 0. The lowest BCUT2D eigenvalue weighted by Crippen LogP contribution is -2.29. The zero-order chi connectivity index (χ0) is 16.4. The Morgan fingerprint density at radius 3 is 3.00 bits per heavy atom. The van der Waals surface area contributed by atoms with Crippen LogP contribution in [-0.2, 0) is 19.4 Å². The molecule has 1 aliphatic rings. The van der Waals surface area contributed by atoms with Gasteiger partial charge in [0.2, 0.25) is 0 Å². The number of aromatic nitrogens is 3. The van der Waals surface area contributed by atoms with Crippen molar-refractivity contribution in [1.29, 1.82) is 0 Å². The van der Waals surface area contributed by atoms with E-state index in [1.807, 2.05) is 0 Å². The number of rotatable bonds is 5. The summed E-state index contributed by atoms with van der Waals surface area (Å²) in [5.41, 5.74) is 1.92. The molecule has 2 aromatic rings. The first-order chi connectivity index (χ1) is 11.1. The molecule has 1 aliphatic carbocycles. The Kier molecular flexibility index (Phi) is 4.09. The fraction of sp³-hybridized carbons (Fsp3) is 0.500. The number of fused-ring (bicyclic) bond motifs is 1. The Bertz CT molecular complexity index is 748. The van der Waals surface area contributed by atoms with E-state index in [0.29, 0.717) is 24.5 Å². The molecule has 0 radical (unpaired) electrons. The van der Waals surface area contributed by atoms with Crippen LogP contribution in [0.1, 0.15) is 40.3 Å². The molecule has 0 saturated heterocycles. The highest BCUT2D eigenvalue weighted by Gasteiger charge is 2.24. The number of carbonyl (C=O) groups excluding carboxylic acids is 1. The van der Waals surface area contributed by atoms with Crippen molar-refractivity contribution in [3.05, 3.63) is 38.9 Å². The van der Waals surface area contributed by atoms with Crippen molar-refractivity contribution < 1.29 is 14.2 Å². The van der Waals surface area contributed by atoms with Crippen molar-refractivity contribution in [2.24, 2.45) is 0 Å². The summed E-state index contributed by atoms with van der Waals surface area (Å²) in [6.07, 6.45) is 3.73. The highest BCUT2D eigenvalue weighted by Crippen LogP contribution is 2.24. The zero-order valence-electron chi connectivity index (χ0n) is 12.7. The van der Waals surface area contributed by atoms with Gasteiger partial charge in [-0.2, -0.15) is 4.68 Å². The number of nitrogens with zero attached hydrogens (tertiary/aromatic N) is 4. The third-order valence-corrected chi connectivity index (χ3v) is 3.93. The maximum atomic E-state index is 12.2. The van der Waals surface area contributed by atoms with Crippen LogP contribution in [0, 0.1) is 17.0 Å². The van der Waals surface area contributed by atoms with Gasteiger partial charge in [-0.3, -0.25) is 4.79 Å². The molecule has 0 saturated carbocycles. The third-order valence-electron chi connectivity index (χ3n) is 3.93. The monoisotopic (exact) mass is 319 g/mol.